The smallest absolute Gasteiger partial charge is 0.0304 e. The fourth-order valence-electron chi connectivity index (χ4n) is 2.54. The highest BCUT2D eigenvalue weighted by atomic mass is 15.2. The Hall–Kier alpha value is -0.860. The van der Waals surface area contributed by atoms with Crippen LogP contribution in [0.2, 0.25) is 0 Å². The summed E-state index contributed by atoms with van der Waals surface area (Å²) >= 11 is 0. The predicted octanol–water partition coefficient (Wildman–Crippen LogP) is 4.11. The molecule has 0 aromatic heterocycles. The number of likely N-dealkylation sites (N-methyl/N-ethyl adjacent to an activating group) is 1. The lowest BCUT2D eigenvalue weighted by atomic mass is 9.92. The molecule has 0 bridgehead atoms. The van der Waals surface area contributed by atoms with Crippen LogP contribution in [-0.2, 0) is 6.54 Å². The van der Waals surface area contributed by atoms with Gasteiger partial charge in [-0.25, -0.2) is 0 Å². The monoisotopic (exact) mass is 276 g/mol. The lowest BCUT2D eigenvalue weighted by molar-refractivity contribution is 0.122. The van der Waals surface area contributed by atoms with Gasteiger partial charge in [0.1, 0.15) is 0 Å². The van der Waals surface area contributed by atoms with Gasteiger partial charge in [-0.2, -0.15) is 0 Å². The Kier molecular flexibility index (Phi) is 7.25. The first-order chi connectivity index (χ1) is 9.51. The molecule has 1 atom stereocenters. The summed E-state index contributed by atoms with van der Waals surface area (Å²) in [6, 6.07) is 8.81. The van der Waals surface area contributed by atoms with Gasteiger partial charge in [0.15, 0.2) is 0 Å². The first-order valence-electron chi connectivity index (χ1n) is 7.98. The Morgan fingerprint density at radius 2 is 1.75 bits per heavy atom. The first-order valence-corrected chi connectivity index (χ1v) is 7.98. The second-order valence-corrected chi connectivity index (χ2v) is 6.35. The average molecular weight is 276 g/mol. The van der Waals surface area contributed by atoms with Gasteiger partial charge in [-0.1, -0.05) is 62.4 Å². The van der Waals surface area contributed by atoms with Crippen molar-refractivity contribution in [3.63, 3.8) is 0 Å². The summed E-state index contributed by atoms with van der Waals surface area (Å²) in [6.45, 7) is 8.38. The minimum absolute atomic E-state index is 0.110. The van der Waals surface area contributed by atoms with E-state index >= 15 is 0 Å². The maximum Gasteiger partial charge on any atom is 0.0304 e. The van der Waals surface area contributed by atoms with Crippen LogP contribution in [0.5, 0.6) is 0 Å². The van der Waals surface area contributed by atoms with Gasteiger partial charge in [0.2, 0.25) is 0 Å². The molecule has 0 aliphatic heterocycles. The van der Waals surface area contributed by atoms with Crippen molar-refractivity contribution in [2.75, 3.05) is 13.6 Å². The lowest BCUT2D eigenvalue weighted by Gasteiger charge is -2.38. The Morgan fingerprint density at radius 3 is 2.30 bits per heavy atom. The van der Waals surface area contributed by atoms with Crippen LogP contribution >= 0.6 is 0 Å². The minimum atomic E-state index is 0.110. The van der Waals surface area contributed by atoms with Gasteiger partial charge in [-0.05, 0) is 32.9 Å². The molecule has 0 aliphatic carbocycles. The zero-order valence-corrected chi connectivity index (χ0v) is 13.8. The second-order valence-electron chi connectivity index (χ2n) is 6.35. The van der Waals surface area contributed by atoms with Crippen molar-refractivity contribution in [1.82, 2.24) is 4.90 Å². The van der Waals surface area contributed by atoms with E-state index in [1.54, 1.807) is 0 Å². The summed E-state index contributed by atoms with van der Waals surface area (Å²) in [5.74, 6) is 0. The topological polar surface area (TPSA) is 29.3 Å². The highest BCUT2D eigenvalue weighted by Crippen LogP contribution is 2.22. The number of nitrogens with two attached hydrogens (primary N) is 1. The Morgan fingerprint density at radius 1 is 1.10 bits per heavy atom. The third kappa shape index (κ3) is 5.26. The molecule has 1 unspecified atom stereocenters. The molecule has 0 saturated carbocycles. The van der Waals surface area contributed by atoms with Crippen molar-refractivity contribution < 1.29 is 0 Å². The van der Waals surface area contributed by atoms with Gasteiger partial charge in [0, 0.05) is 18.6 Å². The van der Waals surface area contributed by atoms with Crippen LogP contribution in [0.15, 0.2) is 24.3 Å². The zero-order valence-electron chi connectivity index (χ0n) is 13.8. The fourth-order valence-corrected chi connectivity index (χ4v) is 2.54. The Balaban J connectivity index is 2.55. The summed E-state index contributed by atoms with van der Waals surface area (Å²) < 4.78 is 0. The summed E-state index contributed by atoms with van der Waals surface area (Å²) in [5.41, 5.74) is 8.85. The third-order valence-corrected chi connectivity index (χ3v) is 4.47. The molecule has 2 nitrogen and oxygen atoms in total. The van der Waals surface area contributed by atoms with Crippen LogP contribution in [0.3, 0.4) is 0 Å². The van der Waals surface area contributed by atoms with Crippen molar-refractivity contribution in [2.24, 2.45) is 5.73 Å². The standard InChI is InChI=1S/C18H32N2/c1-5-6-7-8-13-18(3,15-19)20(4)14-17-11-9-16(2)10-12-17/h9-12H,5-8,13-15,19H2,1-4H3. The van der Waals surface area contributed by atoms with Crippen molar-refractivity contribution in [2.45, 2.75) is 65.0 Å². The maximum absolute atomic E-state index is 6.06. The quantitative estimate of drug-likeness (QED) is 0.688. The normalized spacial score (nSPS) is 14.5. The van der Waals surface area contributed by atoms with E-state index in [4.69, 9.17) is 5.73 Å². The van der Waals surface area contributed by atoms with Crippen LogP contribution in [0, 0.1) is 6.92 Å². The number of benzene rings is 1. The maximum atomic E-state index is 6.06. The summed E-state index contributed by atoms with van der Waals surface area (Å²) in [6.07, 6.45) is 6.41. The second kappa shape index (κ2) is 8.43. The molecule has 20 heavy (non-hydrogen) atoms. The molecule has 2 heteroatoms. The number of rotatable bonds is 9. The van der Waals surface area contributed by atoms with E-state index in [0.717, 1.165) is 13.1 Å². The minimum Gasteiger partial charge on any atom is -0.329 e. The van der Waals surface area contributed by atoms with Crippen molar-refractivity contribution in [3.8, 4) is 0 Å². The van der Waals surface area contributed by atoms with Crippen molar-refractivity contribution >= 4 is 0 Å². The van der Waals surface area contributed by atoms with Crippen LogP contribution in [0.25, 0.3) is 0 Å². The van der Waals surface area contributed by atoms with Gasteiger partial charge in [-0.3, -0.25) is 4.90 Å². The predicted molar refractivity (Wildman–Crippen MR) is 88.9 cm³/mol. The van der Waals surface area contributed by atoms with Gasteiger partial charge in [0.25, 0.3) is 0 Å². The highest BCUT2D eigenvalue weighted by Gasteiger charge is 2.26. The van der Waals surface area contributed by atoms with Crippen LogP contribution < -0.4 is 5.73 Å². The number of nitrogens with zero attached hydrogens (tertiary/aromatic N) is 1. The average Bonchev–Trinajstić information content (AvgIpc) is 2.45. The molecule has 0 fully saturated rings. The molecular formula is C18H32N2. The summed E-state index contributed by atoms with van der Waals surface area (Å²) in [7, 11) is 2.20. The molecule has 0 saturated heterocycles. The molecule has 114 valence electrons. The highest BCUT2D eigenvalue weighted by molar-refractivity contribution is 5.21. The lowest BCUT2D eigenvalue weighted by Crippen LogP contribution is -2.49. The third-order valence-electron chi connectivity index (χ3n) is 4.47. The van der Waals surface area contributed by atoms with Gasteiger partial charge < -0.3 is 5.73 Å². The van der Waals surface area contributed by atoms with E-state index in [2.05, 4.69) is 57.0 Å². The van der Waals surface area contributed by atoms with Gasteiger partial charge >= 0.3 is 0 Å². The van der Waals surface area contributed by atoms with Crippen molar-refractivity contribution in [3.05, 3.63) is 35.4 Å². The van der Waals surface area contributed by atoms with E-state index in [1.807, 2.05) is 0 Å². The van der Waals surface area contributed by atoms with Gasteiger partial charge in [-0.15, -0.1) is 0 Å². The van der Waals surface area contributed by atoms with E-state index in [1.165, 1.54) is 43.2 Å². The molecule has 0 amide bonds. The van der Waals surface area contributed by atoms with E-state index < -0.39 is 0 Å². The molecule has 0 radical (unpaired) electrons. The molecule has 0 aliphatic rings. The molecule has 2 N–H and O–H groups in total. The molecule has 1 rings (SSSR count). The Labute approximate surface area is 125 Å². The van der Waals surface area contributed by atoms with E-state index in [-0.39, 0.29) is 5.54 Å². The molecule has 0 heterocycles. The largest absolute Gasteiger partial charge is 0.329 e. The molecule has 1 aromatic carbocycles. The number of aryl methyl sites for hydroxylation is 1. The zero-order chi connectivity index (χ0) is 15.0. The first kappa shape index (κ1) is 17.2. The fraction of sp³-hybridized carbons (Fsp3) is 0.667. The number of unbranched alkanes of at least 4 members (excludes halogenated alkanes) is 3. The molecule has 1 aromatic rings. The summed E-state index contributed by atoms with van der Waals surface area (Å²) in [5, 5.41) is 0. The number of hydrogen-bond donors (Lipinski definition) is 1. The molecule has 0 spiro atoms. The summed E-state index contributed by atoms with van der Waals surface area (Å²) in [4.78, 5) is 2.42. The number of hydrogen-bond acceptors (Lipinski definition) is 2. The van der Waals surface area contributed by atoms with Crippen LogP contribution in [0.4, 0.5) is 0 Å². The van der Waals surface area contributed by atoms with Crippen molar-refractivity contribution in [1.29, 1.82) is 0 Å². The molecular weight excluding hydrogens is 244 g/mol. The van der Waals surface area contributed by atoms with Crippen LogP contribution in [0.1, 0.15) is 57.1 Å². The van der Waals surface area contributed by atoms with Gasteiger partial charge in [0.05, 0.1) is 0 Å². The van der Waals surface area contributed by atoms with E-state index in [0.29, 0.717) is 0 Å². The Bertz CT molecular complexity index is 372. The SMILES string of the molecule is CCCCCCC(C)(CN)N(C)Cc1ccc(C)cc1. The van der Waals surface area contributed by atoms with E-state index in [9.17, 15) is 0 Å². The van der Waals surface area contributed by atoms with Crippen LogP contribution in [-0.4, -0.2) is 24.0 Å².